The van der Waals surface area contributed by atoms with Crippen molar-refractivity contribution in [1.29, 1.82) is 5.26 Å². The molecule has 0 aliphatic heterocycles. The van der Waals surface area contributed by atoms with Gasteiger partial charge < -0.3 is 10.1 Å². The molecule has 0 fully saturated rings. The van der Waals surface area contributed by atoms with E-state index < -0.39 is 5.91 Å². The number of benzene rings is 3. The lowest BCUT2D eigenvalue weighted by atomic mass is 10.1. The number of nitriles is 1. The second-order valence-corrected chi connectivity index (χ2v) is 7.02. The van der Waals surface area contributed by atoms with Crippen molar-refractivity contribution in [2.45, 2.75) is 6.61 Å². The Morgan fingerprint density at radius 2 is 1.67 bits per heavy atom. The molecule has 0 aliphatic carbocycles. The molecule has 0 saturated carbocycles. The number of para-hydroxylation sites is 1. The van der Waals surface area contributed by atoms with Crippen LogP contribution in [0.3, 0.4) is 0 Å². The van der Waals surface area contributed by atoms with Gasteiger partial charge in [0.1, 0.15) is 29.8 Å². The third kappa shape index (κ3) is 5.60. The average molecular weight is 441 g/mol. The van der Waals surface area contributed by atoms with Crippen molar-refractivity contribution in [2.75, 3.05) is 5.32 Å². The van der Waals surface area contributed by atoms with Gasteiger partial charge in [-0.25, -0.2) is 4.39 Å². The van der Waals surface area contributed by atoms with Crippen molar-refractivity contribution in [3.63, 3.8) is 0 Å². The van der Waals surface area contributed by atoms with Crippen molar-refractivity contribution in [2.24, 2.45) is 0 Å². The zero-order valence-electron chi connectivity index (χ0n) is 15.5. The van der Waals surface area contributed by atoms with Crippen LogP contribution >= 0.6 is 23.2 Å². The van der Waals surface area contributed by atoms with Gasteiger partial charge in [-0.15, -0.1) is 0 Å². The summed E-state index contributed by atoms with van der Waals surface area (Å²) in [6, 6.07) is 19.6. The van der Waals surface area contributed by atoms with Crippen molar-refractivity contribution in [3.8, 4) is 11.8 Å². The molecular weight excluding hydrogens is 426 g/mol. The Hall–Kier alpha value is -3.33. The molecule has 0 bridgehead atoms. The zero-order chi connectivity index (χ0) is 21.5. The summed E-state index contributed by atoms with van der Waals surface area (Å²) in [6.45, 7) is 0.292. The van der Waals surface area contributed by atoms with Crippen LogP contribution in [0.5, 0.6) is 5.75 Å². The standard InChI is InChI=1S/C23H15Cl2FN2O2/c24-20-2-1-3-21(25)22(20)28-23(29)17(13-27)12-15-6-10-19(11-7-15)30-14-16-4-8-18(26)9-5-16/h1-12H,14H2,(H,28,29)/b17-12+. The highest BCUT2D eigenvalue weighted by Crippen LogP contribution is 2.30. The maximum atomic E-state index is 12.9. The first-order valence-corrected chi connectivity index (χ1v) is 9.56. The van der Waals surface area contributed by atoms with E-state index in [2.05, 4.69) is 5.32 Å². The monoisotopic (exact) mass is 440 g/mol. The number of hydrogen-bond acceptors (Lipinski definition) is 3. The van der Waals surface area contributed by atoms with Gasteiger partial charge in [0.25, 0.3) is 5.91 Å². The molecule has 0 saturated heterocycles. The summed E-state index contributed by atoms with van der Waals surface area (Å²) < 4.78 is 18.6. The predicted octanol–water partition coefficient (Wildman–Crippen LogP) is 6.26. The largest absolute Gasteiger partial charge is 0.489 e. The average Bonchev–Trinajstić information content (AvgIpc) is 2.75. The lowest BCUT2D eigenvalue weighted by molar-refractivity contribution is -0.112. The van der Waals surface area contributed by atoms with E-state index in [0.717, 1.165) is 5.56 Å². The second-order valence-electron chi connectivity index (χ2n) is 6.20. The summed E-state index contributed by atoms with van der Waals surface area (Å²) in [7, 11) is 0. The number of rotatable bonds is 6. The van der Waals surface area contributed by atoms with E-state index in [1.54, 1.807) is 54.6 Å². The fourth-order valence-corrected chi connectivity index (χ4v) is 3.01. The summed E-state index contributed by atoms with van der Waals surface area (Å²) in [5, 5.41) is 12.5. The number of hydrogen-bond donors (Lipinski definition) is 1. The Labute approximate surface area is 183 Å². The van der Waals surface area contributed by atoms with Crippen molar-refractivity contribution in [3.05, 3.63) is 99.3 Å². The minimum atomic E-state index is -0.621. The first kappa shape index (κ1) is 21.4. The van der Waals surface area contributed by atoms with Crippen LogP contribution in [0.1, 0.15) is 11.1 Å². The molecule has 30 heavy (non-hydrogen) atoms. The molecule has 0 aromatic heterocycles. The molecule has 0 atom stereocenters. The minimum Gasteiger partial charge on any atom is -0.489 e. The summed E-state index contributed by atoms with van der Waals surface area (Å²) in [5.74, 6) is -0.324. The number of anilines is 1. The van der Waals surface area contributed by atoms with E-state index in [1.165, 1.54) is 18.2 Å². The molecule has 7 heteroatoms. The van der Waals surface area contributed by atoms with E-state index in [4.69, 9.17) is 27.9 Å². The summed E-state index contributed by atoms with van der Waals surface area (Å²) in [6.07, 6.45) is 1.45. The Morgan fingerprint density at radius 3 is 2.27 bits per heavy atom. The third-order valence-electron chi connectivity index (χ3n) is 4.08. The molecule has 0 aliphatic rings. The molecule has 1 amide bonds. The molecule has 0 unspecified atom stereocenters. The fraction of sp³-hybridized carbons (Fsp3) is 0.0435. The van der Waals surface area contributed by atoms with Crippen molar-refractivity contribution >= 4 is 40.9 Å². The lowest BCUT2D eigenvalue weighted by Crippen LogP contribution is -2.14. The first-order valence-electron chi connectivity index (χ1n) is 8.81. The highest BCUT2D eigenvalue weighted by Gasteiger charge is 2.13. The fourth-order valence-electron chi connectivity index (χ4n) is 2.52. The predicted molar refractivity (Wildman–Crippen MR) is 116 cm³/mol. The van der Waals surface area contributed by atoms with E-state index in [9.17, 15) is 14.4 Å². The van der Waals surface area contributed by atoms with Crippen LogP contribution in [-0.4, -0.2) is 5.91 Å². The van der Waals surface area contributed by atoms with Gasteiger partial charge >= 0.3 is 0 Å². The van der Waals surface area contributed by atoms with Gasteiger partial charge in [0, 0.05) is 0 Å². The topological polar surface area (TPSA) is 62.1 Å². The van der Waals surface area contributed by atoms with Crippen molar-refractivity contribution in [1.82, 2.24) is 0 Å². The van der Waals surface area contributed by atoms with Gasteiger partial charge in [-0.05, 0) is 53.6 Å². The molecule has 0 spiro atoms. The van der Waals surface area contributed by atoms with Gasteiger partial charge in [-0.2, -0.15) is 5.26 Å². The second kappa shape index (κ2) is 9.93. The Bertz CT molecular complexity index is 1100. The van der Waals surface area contributed by atoms with Crippen molar-refractivity contribution < 1.29 is 13.9 Å². The third-order valence-corrected chi connectivity index (χ3v) is 4.71. The van der Waals surface area contributed by atoms with E-state index in [1.807, 2.05) is 6.07 Å². The van der Waals surface area contributed by atoms with Crippen LogP contribution in [0, 0.1) is 17.1 Å². The quantitative estimate of drug-likeness (QED) is 0.363. The normalized spacial score (nSPS) is 10.9. The highest BCUT2D eigenvalue weighted by molar-refractivity contribution is 6.40. The number of halogens is 3. The lowest BCUT2D eigenvalue weighted by Gasteiger charge is -2.09. The Kier molecular flexibility index (Phi) is 7.08. The molecule has 150 valence electrons. The maximum absolute atomic E-state index is 12.9. The molecule has 4 nitrogen and oxygen atoms in total. The molecule has 0 radical (unpaired) electrons. The van der Waals surface area contributed by atoms with Gasteiger partial charge in [-0.1, -0.05) is 53.5 Å². The van der Waals surface area contributed by atoms with Gasteiger partial charge in [0.05, 0.1) is 15.7 Å². The van der Waals surface area contributed by atoms with Crippen LogP contribution in [-0.2, 0) is 11.4 Å². The molecule has 0 heterocycles. The summed E-state index contributed by atoms with van der Waals surface area (Å²) >= 11 is 12.1. The van der Waals surface area contributed by atoms with E-state index in [-0.39, 0.29) is 27.1 Å². The van der Waals surface area contributed by atoms with Gasteiger partial charge in [0.15, 0.2) is 0 Å². The van der Waals surface area contributed by atoms with E-state index >= 15 is 0 Å². The Balaban J connectivity index is 1.67. The van der Waals surface area contributed by atoms with Gasteiger partial charge in [-0.3, -0.25) is 4.79 Å². The number of carbonyl (C=O) groups is 1. The number of amides is 1. The van der Waals surface area contributed by atoms with Crippen LogP contribution in [0.2, 0.25) is 10.0 Å². The first-order chi connectivity index (χ1) is 14.5. The number of nitrogens with zero attached hydrogens (tertiary/aromatic N) is 1. The maximum Gasteiger partial charge on any atom is 0.266 e. The molecule has 1 N–H and O–H groups in total. The van der Waals surface area contributed by atoms with E-state index in [0.29, 0.717) is 17.9 Å². The Morgan fingerprint density at radius 1 is 1.03 bits per heavy atom. The van der Waals surface area contributed by atoms with Crippen LogP contribution in [0.15, 0.2) is 72.3 Å². The van der Waals surface area contributed by atoms with Crippen LogP contribution < -0.4 is 10.1 Å². The summed E-state index contributed by atoms with van der Waals surface area (Å²) in [4.78, 5) is 12.4. The van der Waals surface area contributed by atoms with Crippen LogP contribution in [0.4, 0.5) is 10.1 Å². The smallest absolute Gasteiger partial charge is 0.266 e. The molecule has 3 rings (SSSR count). The SMILES string of the molecule is N#C/C(=C\c1ccc(OCc2ccc(F)cc2)cc1)C(=O)Nc1c(Cl)cccc1Cl. The summed E-state index contributed by atoms with van der Waals surface area (Å²) in [5.41, 5.74) is 1.62. The number of nitrogens with one attached hydrogen (secondary N) is 1. The van der Waals surface area contributed by atoms with Crippen LogP contribution in [0.25, 0.3) is 6.08 Å². The van der Waals surface area contributed by atoms with Gasteiger partial charge in [0.2, 0.25) is 0 Å². The number of ether oxygens (including phenoxy) is 1. The minimum absolute atomic E-state index is 0.106. The highest BCUT2D eigenvalue weighted by atomic mass is 35.5. The zero-order valence-corrected chi connectivity index (χ0v) is 17.0. The molecular formula is C23H15Cl2FN2O2. The molecule has 3 aromatic rings. The molecule has 3 aromatic carbocycles. The number of carbonyl (C=O) groups excluding carboxylic acids is 1.